The number of aryl methyl sites for hydroxylation is 1. The van der Waals surface area contributed by atoms with Crippen molar-refractivity contribution in [1.29, 1.82) is 5.41 Å². The second-order valence-corrected chi connectivity index (χ2v) is 6.77. The molecule has 0 saturated heterocycles. The van der Waals surface area contributed by atoms with E-state index in [1.165, 1.54) is 23.6 Å². The minimum absolute atomic E-state index is 0.136. The number of carbonyl (C=O) groups excluding carboxylic acids is 1. The molecule has 2 N–H and O–H groups in total. The number of anilines is 1. The maximum absolute atomic E-state index is 12.1. The summed E-state index contributed by atoms with van der Waals surface area (Å²) in [6.07, 6.45) is 5.07. The average Bonchev–Trinajstić information content (AvgIpc) is 3.35. The second kappa shape index (κ2) is 6.37. The number of hydrogen-bond donors (Lipinski definition) is 2. The van der Waals surface area contributed by atoms with Crippen LogP contribution >= 0.6 is 11.8 Å². The third-order valence-corrected chi connectivity index (χ3v) is 4.77. The number of aromatic nitrogens is 2. The van der Waals surface area contributed by atoms with E-state index >= 15 is 0 Å². The van der Waals surface area contributed by atoms with E-state index in [1.807, 2.05) is 23.9 Å². The predicted octanol–water partition coefficient (Wildman–Crippen LogP) is 2.04. The molecule has 1 saturated carbocycles. The third-order valence-electron chi connectivity index (χ3n) is 3.42. The Kier molecular flexibility index (Phi) is 4.29. The Morgan fingerprint density at radius 2 is 2.04 bits per heavy atom. The van der Waals surface area contributed by atoms with Crippen molar-refractivity contribution in [3.05, 3.63) is 52.6 Å². The summed E-state index contributed by atoms with van der Waals surface area (Å²) >= 11 is 1.83. The van der Waals surface area contributed by atoms with Gasteiger partial charge >= 0.3 is 0 Å². The molecule has 0 atom stereocenters. The van der Waals surface area contributed by atoms with Gasteiger partial charge in [-0.3, -0.25) is 15.0 Å². The number of nitrogens with zero attached hydrogens (tertiary/aromatic N) is 2. The number of hydrogen-bond acceptors (Lipinski definition) is 5. The molecule has 6 nitrogen and oxygen atoms in total. The van der Waals surface area contributed by atoms with Gasteiger partial charge in [0.2, 0.25) is 0 Å². The zero-order chi connectivity index (χ0) is 16.4. The SMILES string of the molecule is Cn1cc(NC(=O)C(=N)c2ccc(SC3CC3)cc2)ncc1=O. The summed E-state index contributed by atoms with van der Waals surface area (Å²) in [5.74, 6) is -0.318. The van der Waals surface area contributed by atoms with Crippen LogP contribution in [0.3, 0.4) is 0 Å². The monoisotopic (exact) mass is 328 g/mol. The molecule has 1 aliphatic rings. The molecule has 23 heavy (non-hydrogen) atoms. The van der Waals surface area contributed by atoms with Crippen LogP contribution in [0, 0.1) is 5.41 Å². The molecule has 1 aromatic heterocycles. The van der Waals surface area contributed by atoms with Crippen LogP contribution in [0.2, 0.25) is 0 Å². The fraction of sp³-hybridized carbons (Fsp3) is 0.250. The van der Waals surface area contributed by atoms with Crippen LogP contribution in [0.5, 0.6) is 0 Å². The van der Waals surface area contributed by atoms with Crippen molar-refractivity contribution in [2.24, 2.45) is 7.05 Å². The van der Waals surface area contributed by atoms with Gasteiger partial charge in [-0.05, 0) is 25.0 Å². The maximum Gasteiger partial charge on any atom is 0.275 e. The summed E-state index contributed by atoms with van der Waals surface area (Å²) in [5.41, 5.74) is 0.151. The maximum atomic E-state index is 12.1. The van der Waals surface area contributed by atoms with Crippen LogP contribution in [0.1, 0.15) is 18.4 Å². The Bertz CT molecular complexity index is 810. The van der Waals surface area contributed by atoms with E-state index < -0.39 is 5.91 Å². The lowest BCUT2D eigenvalue weighted by Gasteiger charge is -2.07. The van der Waals surface area contributed by atoms with Crippen LogP contribution in [0.4, 0.5) is 5.82 Å². The number of carbonyl (C=O) groups is 1. The zero-order valence-corrected chi connectivity index (χ0v) is 13.4. The first-order valence-electron chi connectivity index (χ1n) is 7.22. The Labute approximate surface area is 137 Å². The molecule has 1 amide bonds. The summed E-state index contributed by atoms with van der Waals surface area (Å²) in [4.78, 5) is 28.4. The normalized spacial score (nSPS) is 13.6. The van der Waals surface area contributed by atoms with Gasteiger partial charge in [-0.1, -0.05) is 12.1 Å². The van der Waals surface area contributed by atoms with Crippen molar-refractivity contribution in [2.75, 3.05) is 5.32 Å². The molecule has 1 fully saturated rings. The number of thioether (sulfide) groups is 1. The third kappa shape index (κ3) is 3.87. The Hall–Kier alpha value is -2.41. The molecule has 2 aromatic rings. The van der Waals surface area contributed by atoms with Crippen molar-refractivity contribution in [1.82, 2.24) is 9.55 Å². The largest absolute Gasteiger partial charge is 0.314 e. The fourth-order valence-electron chi connectivity index (χ4n) is 1.95. The minimum atomic E-state index is -0.557. The number of rotatable bonds is 5. The second-order valence-electron chi connectivity index (χ2n) is 5.39. The first-order valence-corrected chi connectivity index (χ1v) is 8.10. The van der Waals surface area contributed by atoms with Crippen LogP contribution < -0.4 is 10.9 Å². The van der Waals surface area contributed by atoms with Crippen LogP contribution in [-0.2, 0) is 11.8 Å². The van der Waals surface area contributed by atoms with Crippen molar-refractivity contribution in [3.8, 4) is 0 Å². The van der Waals surface area contributed by atoms with Gasteiger partial charge in [0.15, 0.2) is 0 Å². The first-order chi connectivity index (χ1) is 11.0. The molecule has 1 aromatic carbocycles. The van der Waals surface area contributed by atoms with Gasteiger partial charge in [0, 0.05) is 29.0 Å². The lowest BCUT2D eigenvalue weighted by atomic mass is 10.1. The molecular weight excluding hydrogens is 312 g/mol. The van der Waals surface area contributed by atoms with Gasteiger partial charge in [0.05, 0.1) is 6.20 Å². The van der Waals surface area contributed by atoms with Crippen molar-refractivity contribution in [3.63, 3.8) is 0 Å². The number of amides is 1. The van der Waals surface area contributed by atoms with E-state index in [9.17, 15) is 9.59 Å². The van der Waals surface area contributed by atoms with Gasteiger partial charge in [-0.25, -0.2) is 4.98 Å². The van der Waals surface area contributed by atoms with Crippen LogP contribution in [-0.4, -0.2) is 26.4 Å². The number of benzene rings is 1. The van der Waals surface area contributed by atoms with Gasteiger partial charge in [0.1, 0.15) is 11.5 Å². The van der Waals surface area contributed by atoms with Crippen molar-refractivity contribution >= 4 is 29.2 Å². The van der Waals surface area contributed by atoms with E-state index in [1.54, 1.807) is 19.2 Å². The lowest BCUT2D eigenvalue weighted by molar-refractivity contribution is -0.110. The first kappa shape index (κ1) is 15.5. The van der Waals surface area contributed by atoms with E-state index in [2.05, 4.69) is 10.3 Å². The van der Waals surface area contributed by atoms with E-state index in [0.29, 0.717) is 5.56 Å². The van der Waals surface area contributed by atoms with E-state index in [4.69, 9.17) is 5.41 Å². The highest BCUT2D eigenvalue weighted by Gasteiger charge is 2.22. The Morgan fingerprint density at radius 1 is 1.35 bits per heavy atom. The summed E-state index contributed by atoms with van der Waals surface area (Å²) < 4.78 is 1.32. The zero-order valence-electron chi connectivity index (χ0n) is 12.6. The Morgan fingerprint density at radius 3 is 2.65 bits per heavy atom. The summed E-state index contributed by atoms with van der Waals surface area (Å²) in [6.45, 7) is 0. The molecule has 7 heteroatoms. The predicted molar refractivity (Wildman–Crippen MR) is 90.3 cm³/mol. The van der Waals surface area contributed by atoms with E-state index in [0.717, 1.165) is 16.3 Å². The summed E-state index contributed by atoms with van der Waals surface area (Å²) in [5, 5.41) is 11.2. The molecular formula is C16H16N4O2S. The van der Waals surface area contributed by atoms with Crippen molar-refractivity contribution in [2.45, 2.75) is 23.0 Å². The molecule has 0 bridgehead atoms. The average molecular weight is 328 g/mol. The topological polar surface area (TPSA) is 87.8 Å². The molecule has 3 rings (SSSR count). The fourth-order valence-corrected chi connectivity index (χ4v) is 3.00. The molecule has 1 heterocycles. The highest BCUT2D eigenvalue weighted by atomic mass is 32.2. The van der Waals surface area contributed by atoms with Gasteiger partial charge < -0.3 is 9.88 Å². The van der Waals surface area contributed by atoms with Crippen LogP contribution in [0.15, 0.2) is 46.3 Å². The smallest absolute Gasteiger partial charge is 0.275 e. The van der Waals surface area contributed by atoms with Gasteiger partial charge in [-0.15, -0.1) is 11.8 Å². The lowest BCUT2D eigenvalue weighted by Crippen LogP contribution is -2.25. The molecule has 1 aliphatic carbocycles. The standard InChI is InChI=1S/C16H16N4O2S/c1-20-9-13(18-8-14(20)21)19-16(22)15(17)10-2-4-11(5-3-10)23-12-6-7-12/h2-5,8-9,12,17H,6-7H2,1H3,(H,19,22). The molecule has 0 unspecified atom stereocenters. The minimum Gasteiger partial charge on any atom is -0.314 e. The molecule has 118 valence electrons. The number of nitrogens with one attached hydrogen (secondary N) is 2. The molecule has 0 spiro atoms. The highest BCUT2D eigenvalue weighted by molar-refractivity contribution is 8.00. The van der Waals surface area contributed by atoms with Crippen LogP contribution in [0.25, 0.3) is 0 Å². The Balaban J connectivity index is 1.67. The molecule has 0 radical (unpaired) electrons. The van der Waals surface area contributed by atoms with Gasteiger partial charge in [0.25, 0.3) is 11.5 Å². The summed E-state index contributed by atoms with van der Waals surface area (Å²) in [6, 6.07) is 7.43. The van der Waals surface area contributed by atoms with Gasteiger partial charge in [-0.2, -0.15) is 0 Å². The summed E-state index contributed by atoms with van der Waals surface area (Å²) in [7, 11) is 1.57. The quantitative estimate of drug-likeness (QED) is 0.822. The van der Waals surface area contributed by atoms with Crippen molar-refractivity contribution < 1.29 is 4.79 Å². The highest BCUT2D eigenvalue weighted by Crippen LogP contribution is 2.38. The molecule has 0 aliphatic heterocycles. The van der Waals surface area contributed by atoms with E-state index in [-0.39, 0.29) is 17.1 Å².